The predicted octanol–water partition coefficient (Wildman–Crippen LogP) is 33.0. The Labute approximate surface area is 777 Å². The molecule has 2 heterocycles. The van der Waals surface area contributed by atoms with Crippen molar-refractivity contribution in [1.29, 1.82) is 0 Å². The lowest BCUT2D eigenvalue weighted by atomic mass is 9.33. The monoisotopic (exact) mass is 1650 g/mol. The quantitative estimate of drug-likeness (QED) is 0.133. The van der Waals surface area contributed by atoms with Gasteiger partial charge in [-0.1, -0.05) is 425 Å². The summed E-state index contributed by atoms with van der Waals surface area (Å²) in [5.74, 6) is 0. The van der Waals surface area contributed by atoms with Gasteiger partial charge in [0.25, 0.3) is 6.71 Å². The minimum absolute atomic E-state index is 0.0351. The molecule has 0 unspecified atom stereocenters. The molecule has 0 aromatic heterocycles. The van der Waals surface area contributed by atoms with Crippen molar-refractivity contribution in [2.75, 3.05) is 9.80 Å². The summed E-state index contributed by atoms with van der Waals surface area (Å²) in [6, 6.07) is 17.7. The Kier molecular flexibility index (Phi) is 15.9. The van der Waals surface area contributed by atoms with Crippen LogP contribution in [0.15, 0.2) is 224 Å². The van der Waals surface area contributed by atoms with Crippen molar-refractivity contribution in [3.05, 3.63) is 291 Å². The molecule has 14 rings (SSSR count). The number of hydrogen-bond donors (Lipinski definition) is 0. The maximum Gasteiger partial charge on any atom is 0.252 e. The Balaban J connectivity index is 1.46. The SMILES string of the molecule is [2H]c1c([2H])c([2H])c(-c2ccc3c(c2)N(c2c(-c4c([2H])c([2H])c(C(C)(C)C)c([2H])c4[2H])c([2H])c(C(C)(C)C)c([2H])c2-c2c(C(C)(C)C)c([2H])c([2H])c([2H])c2C(C)(C)C)c2cc(-c4cc(C(C)(C)C)cc(C(C)(C)C)c4)cc4c2B3c2ccc(-c3cc(C(C)(C)C)cc(C(C)(C)C)c3)cc2N4c2c(-c3c([2H])c([2H])c(C(C)(C)C)c([2H])c3[2H])c([2H])c(C(C)(C)C)c([2H])c2-c2c([2H])c(C(C)(C)C)c([2H])c(C(C)(C)C)c2[2H])c([2H])c1[2H]. The van der Waals surface area contributed by atoms with Gasteiger partial charge in [0.2, 0.25) is 0 Å². The Morgan fingerprint density at radius 1 is 0.211 bits per heavy atom. The summed E-state index contributed by atoms with van der Waals surface area (Å²) in [6.07, 6.45) is 0. The highest BCUT2D eigenvalue weighted by Gasteiger charge is 2.48. The Hall–Kier alpha value is -9.70. The van der Waals surface area contributed by atoms with Crippen LogP contribution in [0, 0.1) is 0 Å². The largest absolute Gasteiger partial charge is 0.310 e. The fraction of sp³-hybridized carbons (Fsp3) is 0.400. The molecule has 0 bridgehead atoms. The third kappa shape index (κ3) is 17.6. The highest BCUT2D eigenvalue weighted by molar-refractivity contribution is 7.00. The van der Waals surface area contributed by atoms with E-state index in [1.807, 2.05) is 171 Å². The smallest absolute Gasteiger partial charge is 0.252 e. The molecule has 0 N–H and O–H groups in total. The molecule has 2 nitrogen and oxygen atoms in total. The van der Waals surface area contributed by atoms with Crippen LogP contribution in [0.2, 0.25) is 0 Å². The normalized spacial score (nSPS) is 16.6. The molecule has 0 saturated heterocycles. The Morgan fingerprint density at radius 3 is 0.846 bits per heavy atom. The van der Waals surface area contributed by atoms with Crippen molar-refractivity contribution >= 4 is 57.2 Å². The van der Waals surface area contributed by atoms with E-state index in [1.54, 1.807) is 53.7 Å². The predicted molar refractivity (Wildman–Crippen MR) is 543 cm³/mol. The van der Waals surface area contributed by atoms with E-state index in [4.69, 9.17) is 1.37 Å². The van der Waals surface area contributed by atoms with Gasteiger partial charge in [0, 0.05) is 45.0 Å². The average Bonchev–Trinajstić information content (AvgIpc) is 0.672. The van der Waals surface area contributed by atoms with Gasteiger partial charge in [-0.15, -0.1) is 0 Å². The zero-order valence-corrected chi connectivity index (χ0v) is 80.6. The minimum Gasteiger partial charge on any atom is -0.310 e. The molecule has 0 atom stereocenters. The summed E-state index contributed by atoms with van der Waals surface area (Å²) >= 11 is 0. The lowest BCUT2D eigenvalue weighted by molar-refractivity contribution is 0.568. The van der Waals surface area contributed by atoms with E-state index in [2.05, 4.69) is 119 Å². The van der Waals surface area contributed by atoms with Crippen LogP contribution in [0.5, 0.6) is 0 Å². The van der Waals surface area contributed by atoms with Gasteiger partial charge in [0.1, 0.15) is 0 Å². The number of anilines is 6. The van der Waals surface area contributed by atoms with Gasteiger partial charge in [0.15, 0.2) is 0 Å². The van der Waals surface area contributed by atoms with E-state index in [1.165, 1.54) is 0 Å². The third-order valence-electron chi connectivity index (χ3n) is 24.1. The van der Waals surface area contributed by atoms with Crippen molar-refractivity contribution in [2.24, 2.45) is 0 Å². The van der Waals surface area contributed by atoms with E-state index in [0.29, 0.717) is 38.8 Å². The van der Waals surface area contributed by atoms with Crippen LogP contribution in [-0.2, 0) is 65.0 Å². The fourth-order valence-electron chi connectivity index (χ4n) is 16.4. The number of rotatable bonds is 9. The first-order chi connectivity index (χ1) is 66.2. The summed E-state index contributed by atoms with van der Waals surface area (Å²) in [6.45, 7) is 68.8. The standard InChI is InChI=1S/C120H145BN2/c1-109(2,3)83-51-45-75(46-52-83)93-70-91(117(25,26)27)72-95(82-61-89(115(19,20)21)69-90(62-82)116(22,23)24)107(93)122-102-64-78(79-57-85(111(7,8)9)67-86(58-79)112(10,11)12)50-56-100(102)121-99-55-49-77(74-41-38-37-39-42-74)63-101(99)123(104-66-81(65-103(122)106(104)121)80-59-87(113(13,14)15)68-88(60-80)114(16,17)18)108-94(76-47-53-84(54-48-76)110(4,5)6)71-92(118(28,29)30)73-96(108)105-97(119(31,32)33)43-40-44-98(105)120(34,35)36/h37-73H,1-36H3/i37D,38D,39D,40D,41D,42D,43D,44D,45D,46D,47D,48D,51D,52D,53D,54D,61D,62D,69D,70D,71D,72D,73D. The average molecular weight is 1650 g/mol. The zero-order chi connectivity index (χ0) is 110. The highest BCUT2D eigenvalue weighted by Crippen LogP contribution is 2.59. The van der Waals surface area contributed by atoms with E-state index >= 15 is 0 Å². The molecule has 12 aromatic carbocycles. The van der Waals surface area contributed by atoms with Gasteiger partial charge >= 0.3 is 0 Å². The first-order valence-electron chi connectivity index (χ1n) is 55.6. The lowest BCUT2D eigenvalue weighted by Crippen LogP contribution is -2.61. The first-order valence-corrected chi connectivity index (χ1v) is 44.1. The summed E-state index contributed by atoms with van der Waals surface area (Å²) in [7, 11) is 0. The van der Waals surface area contributed by atoms with Gasteiger partial charge in [-0.05, 0) is 252 Å². The first kappa shape index (κ1) is 64.1. The van der Waals surface area contributed by atoms with Crippen molar-refractivity contribution < 1.29 is 31.5 Å². The second kappa shape index (κ2) is 30.6. The third-order valence-corrected chi connectivity index (χ3v) is 24.1. The lowest BCUT2D eigenvalue weighted by Gasteiger charge is -2.46. The molecular formula is C120H145BN2. The molecular weight excluding hydrogens is 1480 g/mol. The fourth-order valence-corrected chi connectivity index (χ4v) is 16.4. The van der Waals surface area contributed by atoms with E-state index in [-0.39, 0.29) is 165 Å². The van der Waals surface area contributed by atoms with Crippen molar-refractivity contribution in [3.8, 4) is 77.9 Å². The van der Waals surface area contributed by atoms with Crippen molar-refractivity contribution in [2.45, 2.75) is 314 Å². The maximum absolute atomic E-state index is 11.9. The molecule has 638 valence electrons. The van der Waals surface area contributed by atoms with Crippen molar-refractivity contribution in [1.82, 2.24) is 0 Å². The molecule has 0 fully saturated rings. The molecule has 0 amide bonds. The van der Waals surface area contributed by atoms with Crippen LogP contribution < -0.4 is 26.2 Å². The zero-order valence-electron chi connectivity index (χ0n) is 104. The summed E-state index contributed by atoms with van der Waals surface area (Å²) in [4.78, 5) is 3.74. The van der Waals surface area contributed by atoms with Gasteiger partial charge in [0.05, 0.1) is 42.9 Å². The van der Waals surface area contributed by atoms with Crippen LogP contribution in [0.4, 0.5) is 34.1 Å². The Morgan fingerprint density at radius 2 is 0.504 bits per heavy atom. The second-order valence-electron chi connectivity index (χ2n) is 47.1. The Bertz CT molecular complexity index is 7320. The summed E-state index contributed by atoms with van der Waals surface area (Å²) in [5.41, 5.74) is -4.35. The molecule has 12 aromatic rings. The van der Waals surface area contributed by atoms with Crippen molar-refractivity contribution in [3.63, 3.8) is 0 Å². The second-order valence-corrected chi connectivity index (χ2v) is 47.1. The van der Waals surface area contributed by atoms with Crippen LogP contribution in [0.25, 0.3) is 77.9 Å². The molecule has 0 spiro atoms. The molecule has 123 heavy (non-hydrogen) atoms. The van der Waals surface area contributed by atoms with Crippen LogP contribution in [0.3, 0.4) is 0 Å². The number of fused-ring (bicyclic) bond motifs is 4. The topological polar surface area (TPSA) is 6.48 Å². The highest BCUT2D eigenvalue weighted by atomic mass is 15.2. The van der Waals surface area contributed by atoms with Gasteiger partial charge < -0.3 is 9.80 Å². The molecule has 0 radical (unpaired) electrons. The van der Waals surface area contributed by atoms with E-state index in [9.17, 15) is 30.2 Å². The van der Waals surface area contributed by atoms with Crippen LogP contribution in [0.1, 0.15) is 348 Å². The number of hydrogen-bond acceptors (Lipinski definition) is 2. The number of nitrogens with zero attached hydrogens (tertiary/aromatic N) is 2. The van der Waals surface area contributed by atoms with Gasteiger partial charge in [-0.2, -0.15) is 0 Å². The van der Waals surface area contributed by atoms with Gasteiger partial charge in [-0.3, -0.25) is 0 Å². The molecule has 2 aliphatic heterocycles. The molecule has 0 aliphatic carbocycles. The molecule has 2 aliphatic rings. The van der Waals surface area contributed by atoms with Gasteiger partial charge in [-0.25, -0.2) is 0 Å². The van der Waals surface area contributed by atoms with Crippen LogP contribution >= 0.6 is 0 Å². The van der Waals surface area contributed by atoms with E-state index < -0.39 is 174 Å². The van der Waals surface area contributed by atoms with Crippen LogP contribution in [-0.4, -0.2) is 6.71 Å². The van der Waals surface area contributed by atoms with E-state index in [0.717, 1.165) is 27.8 Å². The molecule has 3 heteroatoms. The summed E-state index contributed by atoms with van der Waals surface area (Å²) in [5, 5.41) is 0. The molecule has 0 saturated carbocycles. The summed E-state index contributed by atoms with van der Waals surface area (Å²) < 4.78 is 246. The maximum atomic E-state index is 11.9. The minimum atomic E-state index is -1.28. The number of benzene rings is 12.